The van der Waals surface area contributed by atoms with E-state index >= 15 is 0 Å². The molecule has 2 rings (SSSR count). The van der Waals surface area contributed by atoms with E-state index < -0.39 is 0 Å². The zero-order chi connectivity index (χ0) is 18.4. The van der Waals surface area contributed by atoms with Crippen LogP contribution in [0.2, 0.25) is 5.02 Å². The lowest BCUT2D eigenvalue weighted by Crippen LogP contribution is -2.53. The molecule has 1 aliphatic heterocycles. The number of hydrogen-bond acceptors (Lipinski definition) is 5. The number of benzene rings is 1. The van der Waals surface area contributed by atoms with Gasteiger partial charge in [-0.2, -0.15) is 0 Å². The number of piperazine rings is 1. The van der Waals surface area contributed by atoms with Crippen LogP contribution >= 0.6 is 11.6 Å². The average molecular weight is 371 g/mol. The van der Waals surface area contributed by atoms with Crippen LogP contribution in [-0.4, -0.2) is 68.0 Å². The first kappa shape index (κ1) is 20.3. The lowest BCUT2D eigenvalue weighted by Gasteiger charge is -2.42. The third-order valence-electron chi connectivity index (χ3n) is 4.70. The van der Waals surface area contributed by atoms with Crippen molar-refractivity contribution in [2.75, 3.05) is 47.0 Å². The van der Waals surface area contributed by atoms with Crippen LogP contribution in [0.4, 0.5) is 0 Å². The second-order valence-electron chi connectivity index (χ2n) is 7.09. The molecule has 6 heteroatoms. The number of aliphatic hydroxyl groups excluding tert-OH is 1. The molecule has 0 saturated carbocycles. The molecule has 142 valence electrons. The second kappa shape index (κ2) is 9.62. The van der Waals surface area contributed by atoms with Crippen molar-refractivity contribution in [2.45, 2.75) is 32.9 Å². The van der Waals surface area contributed by atoms with Crippen molar-refractivity contribution in [1.29, 1.82) is 0 Å². The Morgan fingerprint density at radius 3 is 2.48 bits per heavy atom. The number of nitrogens with zero attached hydrogens (tertiary/aromatic N) is 2. The highest BCUT2D eigenvalue weighted by atomic mass is 35.5. The third-order valence-corrected chi connectivity index (χ3v) is 5.05. The number of halogens is 1. The van der Waals surface area contributed by atoms with Crippen LogP contribution in [0.3, 0.4) is 0 Å². The summed E-state index contributed by atoms with van der Waals surface area (Å²) >= 11 is 6.44. The molecule has 0 amide bonds. The zero-order valence-electron chi connectivity index (χ0n) is 15.8. The first-order chi connectivity index (χ1) is 12.0. The van der Waals surface area contributed by atoms with Gasteiger partial charge in [0, 0.05) is 56.5 Å². The van der Waals surface area contributed by atoms with Crippen molar-refractivity contribution < 1.29 is 14.6 Å². The van der Waals surface area contributed by atoms with E-state index in [1.807, 2.05) is 12.1 Å². The maximum absolute atomic E-state index is 9.42. The van der Waals surface area contributed by atoms with Crippen molar-refractivity contribution in [3.8, 4) is 11.5 Å². The van der Waals surface area contributed by atoms with Crippen LogP contribution in [0.1, 0.15) is 25.8 Å². The van der Waals surface area contributed by atoms with Crippen molar-refractivity contribution in [3.63, 3.8) is 0 Å². The Kier molecular flexibility index (Phi) is 7.81. The Balaban J connectivity index is 2.08. The summed E-state index contributed by atoms with van der Waals surface area (Å²) in [5.74, 6) is 1.98. The normalized spacial score (nSPS) is 19.4. The number of ether oxygens (including phenoxy) is 2. The van der Waals surface area contributed by atoms with Crippen LogP contribution in [0, 0.1) is 5.92 Å². The van der Waals surface area contributed by atoms with Crippen LogP contribution in [-0.2, 0) is 6.54 Å². The SMILES string of the molecule is COc1cc(Cl)c(CN2CCN(CC(C)C)C(CCO)C2)cc1OC. The minimum absolute atomic E-state index is 0.226. The van der Waals surface area contributed by atoms with E-state index in [1.165, 1.54) is 0 Å². The predicted octanol–water partition coefficient (Wildman–Crippen LogP) is 2.88. The Labute approximate surface area is 156 Å². The molecule has 1 atom stereocenters. The van der Waals surface area contributed by atoms with E-state index in [9.17, 15) is 5.11 Å². The topological polar surface area (TPSA) is 45.2 Å². The van der Waals surface area contributed by atoms with Gasteiger partial charge in [-0.05, 0) is 24.0 Å². The quantitative estimate of drug-likeness (QED) is 0.762. The molecule has 0 bridgehead atoms. The molecule has 1 heterocycles. The molecular formula is C19H31ClN2O3. The van der Waals surface area contributed by atoms with Gasteiger partial charge in [-0.25, -0.2) is 0 Å². The Morgan fingerprint density at radius 2 is 1.88 bits per heavy atom. The van der Waals surface area contributed by atoms with E-state index in [4.69, 9.17) is 21.1 Å². The molecule has 0 radical (unpaired) electrons. The van der Waals surface area contributed by atoms with Crippen molar-refractivity contribution in [2.24, 2.45) is 5.92 Å². The average Bonchev–Trinajstić information content (AvgIpc) is 2.58. The summed E-state index contributed by atoms with van der Waals surface area (Å²) in [4.78, 5) is 4.91. The minimum Gasteiger partial charge on any atom is -0.493 e. The van der Waals surface area contributed by atoms with E-state index in [1.54, 1.807) is 14.2 Å². The van der Waals surface area contributed by atoms with Gasteiger partial charge in [-0.15, -0.1) is 0 Å². The predicted molar refractivity (Wildman–Crippen MR) is 102 cm³/mol. The fraction of sp³-hybridized carbons (Fsp3) is 0.684. The summed E-state index contributed by atoms with van der Waals surface area (Å²) in [6.07, 6.45) is 0.808. The van der Waals surface area contributed by atoms with Crippen molar-refractivity contribution in [3.05, 3.63) is 22.7 Å². The molecule has 5 nitrogen and oxygen atoms in total. The summed E-state index contributed by atoms with van der Waals surface area (Å²) in [5, 5.41) is 10.1. The summed E-state index contributed by atoms with van der Waals surface area (Å²) < 4.78 is 10.7. The van der Waals surface area contributed by atoms with Crippen molar-refractivity contribution >= 4 is 11.6 Å². The maximum atomic E-state index is 9.42. The molecule has 1 saturated heterocycles. The fourth-order valence-corrected chi connectivity index (χ4v) is 3.70. The highest BCUT2D eigenvalue weighted by Crippen LogP contribution is 2.34. The van der Waals surface area contributed by atoms with Gasteiger partial charge in [0.25, 0.3) is 0 Å². The van der Waals surface area contributed by atoms with E-state index in [0.29, 0.717) is 28.5 Å². The standard InChI is InChI=1S/C19H31ClN2O3/c1-14(2)11-22-7-6-21(13-16(22)5-8-23)12-15-9-18(24-3)19(25-4)10-17(15)20/h9-10,14,16,23H,5-8,11-13H2,1-4H3. The van der Waals surface area contributed by atoms with Gasteiger partial charge >= 0.3 is 0 Å². The van der Waals surface area contributed by atoms with E-state index in [0.717, 1.165) is 44.7 Å². The third kappa shape index (κ3) is 5.48. The summed E-state index contributed by atoms with van der Waals surface area (Å²) in [6.45, 7) is 9.53. The molecule has 1 aliphatic rings. The maximum Gasteiger partial charge on any atom is 0.162 e. The smallest absolute Gasteiger partial charge is 0.162 e. The number of hydrogen-bond donors (Lipinski definition) is 1. The van der Waals surface area contributed by atoms with Gasteiger partial charge in [0.15, 0.2) is 11.5 Å². The van der Waals surface area contributed by atoms with Gasteiger partial charge in [-0.3, -0.25) is 9.80 Å². The van der Waals surface area contributed by atoms with Gasteiger partial charge in [0.05, 0.1) is 14.2 Å². The first-order valence-corrected chi connectivity index (χ1v) is 9.33. The zero-order valence-corrected chi connectivity index (χ0v) is 16.6. The molecule has 0 aromatic heterocycles. The Morgan fingerprint density at radius 1 is 1.20 bits per heavy atom. The van der Waals surface area contributed by atoms with E-state index in [2.05, 4.69) is 23.6 Å². The monoisotopic (exact) mass is 370 g/mol. The van der Waals surface area contributed by atoms with Gasteiger partial charge in [0.2, 0.25) is 0 Å². The molecule has 0 spiro atoms. The number of methoxy groups -OCH3 is 2. The first-order valence-electron chi connectivity index (χ1n) is 8.96. The molecule has 1 unspecified atom stereocenters. The van der Waals surface area contributed by atoms with Gasteiger partial charge in [0.1, 0.15) is 0 Å². The summed E-state index contributed by atoms with van der Waals surface area (Å²) in [5.41, 5.74) is 1.04. The molecule has 0 aliphatic carbocycles. The fourth-order valence-electron chi connectivity index (χ4n) is 3.49. The van der Waals surface area contributed by atoms with Gasteiger partial charge < -0.3 is 14.6 Å². The van der Waals surface area contributed by atoms with Crippen LogP contribution in [0.5, 0.6) is 11.5 Å². The minimum atomic E-state index is 0.226. The molecule has 1 fully saturated rings. The van der Waals surface area contributed by atoms with Crippen molar-refractivity contribution in [1.82, 2.24) is 9.80 Å². The second-order valence-corrected chi connectivity index (χ2v) is 7.50. The molecule has 1 aromatic rings. The molecular weight excluding hydrogens is 340 g/mol. The summed E-state index contributed by atoms with van der Waals surface area (Å²) in [7, 11) is 3.25. The van der Waals surface area contributed by atoms with E-state index in [-0.39, 0.29) is 6.61 Å². The highest BCUT2D eigenvalue weighted by Gasteiger charge is 2.27. The van der Waals surface area contributed by atoms with Crippen LogP contribution < -0.4 is 9.47 Å². The van der Waals surface area contributed by atoms with Gasteiger partial charge in [-0.1, -0.05) is 25.4 Å². The molecule has 1 aromatic carbocycles. The van der Waals surface area contributed by atoms with Crippen LogP contribution in [0.25, 0.3) is 0 Å². The lowest BCUT2D eigenvalue weighted by molar-refractivity contribution is 0.0476. The lowest BCUT2D eigenvalue weighted by atomic mass is 10.1. The largest absolute Gasteiger partial charge is 0.493 e. The molecule has 25 heavy (non-hydrogen) atoms. The Hall–Kier alpha value is -1.01. The van der Waals surface area contributed by atoms with Crippen LogP contribution in [0.15, 0.2) is 12.1 Å². The number of rotatable bonds is 8. The number of aliphatic hydroxyl groups is 1. The Bertz CT molecular complexity index is 554. The molecule has 1 N–H and O–H groups in total. The highest BCUT2D eigenvalue weighted by molar-refractivity contribution is 6.31. The summed E-state index contributed by atoms with van der Waals surface area (Å²) in [6, 6.07) is 4.17.